The predicted molar refractivity (Wildman–Crippen MR) is 132 cm³/mol. The first kappa shape index (κ1) is 25.9. The van der Waals surface area contributed by atoms with Crippen molar-refractivity contribution in [2.75, 3.05) is 43.9 Å². The van der Waals surface area contributed by atoms with E-state index in [0.29, 0.717) is 56.1 Å². The number of benzene rings is 2. The number of amides is 1. The van der Waals surface area contributed by atoms with Crippen molar-refractivity contribution in [3.8, 4) is 0 Å². The molecule has 0 atom stereocenters. The second kappa shape index (κ2) is 12.1. The van der Waals surface area contributed by atoms with Gasteiger partial charge in [0.1, 0.15) is 0 Å². The van der Waals surface area contributed by atoms with E-state index >= 15 is 0 Å². The number of sulfonamides is 1. The van der Waals surface area contributed by atoms with Gasteiger partial charge in [-0.05, 0) is 55.3 Å². The molecule has 1 N–H and O–H groups in total. The number of esters is 1. The van der Waals surface area contributed by atoms with E-state index in [-0.39, 0.29) is 17.6 Å². The Bertz CT molecular complexity index is 1060. The van der Waals surface area contributed by atoms with Crippen LogP contribution in [0.5, 0.6) is 0 Å². The first-order valence-electron chi connectivity index (χ1n) is 11.7. The molecule has 1 saturated heterocycles. The molecule has 3 rings (SSSR count). The van der Waals surface area contributed by atoms with Crippen LogP contribution in [0.1, 0.15) is 53.0 Å². The lowest BCUT2D eigenvalue weighted by Crippen LogP contribution is -2.48. The highest BCUT2D eigenvalue weighted by molar-refractivity contribution is 7.89. The standard InChI is InChI=1S/C25H33N3O5S/c1-3-5-18-33-25(30)22-10-12-23(13-11-22)26-24(29)21-8-6-20(7-9-21)19-27-14-16-28(17-15-27)34(31,32)4-2/h6-13H,3-5,14-19H2,1-2H3,(H,26,29). The third kappa shape index (κ3) is 7.12. The van der Waals surface area contributed by atoms with Gasteiger partial charge in [0.15, 0.2) is 0 Å². The molecule has 1 amide bonds. The van der Waals surface area contributed by atoms with Crippen LogP contribution in [0.15, 0.2) is 48.5 Å². The normalized spacial score (nSPS) is 15.1. The maximum atomic E-state index is 12.6. The highest BCUT2D eigenvalue weighted by atomic mass is 32.2. The smallest absolute Gasteiger partial charge is 0.338 e. The Morgan fingerprint density at radius 2 is 1.53 bits per heavy atom. The van der Waals surface area contributed by atoms with Crippen molar-refractivity contribution in [2.45, 2.75) is 33.2 Å². The van der Waals surface area contributed by atoms with E-state index in [0.717, 1.165) is 18.4 Å². The van der Waals surface area contributed by atoms with Crippen LogP contribution in [0.4, 0.5) is 5.69 Å². The highest BCUT2D eigenvalue weighted by Gasteiger charge is 2.25. The van der Waals surface area contributed by atoms with Gasteiger partial charge >= 0.3 is 5.97 Å². The van der Waals surface area contributed by atoms with Gasteiger partial charge in [-0.3, -0.25) is 9.69 Å². The quantitative estimate of drug-likeness (QED) is 0.408. The van der Waals surface area contributed by atoms with E-state index in [9.17, 15) is 18.0 Å². The molecular weight excluding hydrogens is 454 g/mol. The average Bonchev–Trinajstić information content (AvgIpc) is 2.85. The van der Waals surface area contributed by atoms with Gasteiger partial charge in [0.2, 0.25) is 10.0 Å². The van der Waals surface area contributed by atoms with Crippen LogP contribution < -0.4 is 5.32 Å². The van der Waals surface area contributed by atoms with Crippen molar-refractivity contribution in [1.82, 2.24) is 9.21 Å². The number of rotatable bonds is 10. The van der Waals surface area contributed by atoms with Crippen LogP contribution >= 0.6 is 0 Å². The molecule has 1 aliphatic rings. The van der Waals surface area contributed by atoms with E-state index in [1.165, 1.54) is 0 Å². The first-order chi connectivity index (χ1) is 16.3. The molecule has 184 valence electrons. The molecule has 0 aliphatic carbocycles. The number of hydrogen-bond donors (Lipinski definition) is 1. The van der Waals surface area contributed by atoms with Crippen molar-refractivity contribution in [3.05, 3.63) is 65.2 Å². The number of anilines is 1. The monoisotopic (exact) mass is 487 g/mol. The van der Waals surface area contributed by atoms with E-state index < -0.39 is 10.0 Å². The summed E-state index contributed by atoms with van der Waals surface area (Å²) in [6.45, 7) is 7.19. The third-order valence-electron chi connectivity index (χ3n) is 5.82. The van der Waals surface area contributed by atoms with Crippen molar-refractivity contribution in [3.63, 3.8) is 0 Å². The third-order valence-corrected chi connectivity index (χ3v) is 7.70. The number of nitrogens with zero attached hydrogens (tertiary/aromatic N) is 2. The molecule has 0 aromatic heterocycles. The Morgan fingerprint density at radius 3 is 2.12 bits per heavy atom. The maximum Gasteiger partial charge on any atom is 0.338 e. The second-order valence-electron chi connectivity index (χ2n) is 8.29. The molecule has 2 aromatic rings. The molecule has 1 heterocycles. The van der Waals surface area contributed by atoms with Crippen molar-refractivity contribution in [1.29, 1.82) is 0 Å². The van der Waals surface area contributed by atoms with Crippen LogP contribution in [0.2, 0.25) is 0 Å². The number of piperazine rings is 1. The fourth-order valence-corrected chi connectivity index (χ4v) is 4.74. The summed E-state index contributed by atoms with van der Waals surface area (Å²) in [7, 11) is -3.13. The fourth-order valence-electron chi connectivity index (χ4n) is 3.65. The van der Waals surface area contributed by atoms with Crippen LogP contribution in [0, 0.1) is 0 Å². The molecular formula is C25H33N3O5S. The Labute approximate surface area is 201 Å². The Kier molecular flexibility index (Phi) is 9.20. The molecule has 34 heavy (non-hydrogen) atoms. The number of hydrogen-bond acceptors (Lipinski definition) is 6. The summed E-state index contributed by atoms with van der Waals surface area (Å²) < 4.78 is 30.7. The largest absolute Gasteiger partial charge is 0.462 e. The topological polar surface area (TPSA) is 96.0 Å². The summed E-state index contributed by atoms with van der Waals surface area (Å²) in [4.78, 5) is 26.8. The zero-order chi connectivity index (χ0) is 24.6. The summed E-state index contributed by atoms with van der Waals surface area (Å²) in [5.74, 6) is -0.467. The average molecular weight is 488 g/mol. The molecule has 0 unspecified atom stereocenters. The Morgan fingerprint density at radius 1 is 0.912 bits per heavy atom. The number of ether oxygens (including phenoxy) is 1. The number of carbonyl (C=O) groups is 2. The Balaban J connectivity index is 1.49. The molecule has 1 fully saturated rings. The van der Waals surface area contributed by atoms with Gasteiger partial charge in [-0.2, -0.15) is 4.31 Å². The molecule has 9 heteroatoms. The van der Waals surface area contributed by atoms with Gasteiger partial charge in [-0.25, -0.2) is 13.2 Å². The lowest BCUT2D eigenvalue weighted by Gasteiger charge is -2.33. The molecule has 2 aromatic carbocycles. The fraction of sp³-hybridized carbons (Fsp3) is 0.440. The molecule has 0 radical (unpaired) electrons. The van der Waals surface area contributed by atoms with Gasteiger partial charge in [0.25, 0.3) is 5.91 Å². The second-order valence-corrected chi connectivity index (χ2v) is 10.6. The number of unbranched alkanes of at least 4 members (excludes halogenated alkanes) is 1. The van der Waals surface area contributed by atoms with E-state index in [2.05, 4.69) is 10.2 Å². The van der Waals surface area contributed by atoms with Gasteiger partial charge in [0.05, 0.1) is 17.9 Å². The van der Waals surface area contributed by atoms with Gasteiger partial charge < -0.3 is 10.1 Å². The summed E-state index contributed by atoms with van der Waals surface area (Å²) >= 11 is 0. The minimum Gasteiger partial charge on any atom is -0.462 e. The van der Waals surface area contributed by atoms with Crippen molar-refractivity contribution in [2.24, 2.45) is 0 Å². The zero-order valence-electron chi connectivity index (χ0n) is 19.8. The lowest BCUT2D eigenvalue weighted by atomic mass is 10.1. The van der Waals surface area contributed by atoms with Gasteiger partial charge in [0, 0.05) is 44.0 Å². The Hall–Kier alpha value is -2.75. The minimum atomic E-state index is -3.13. The van der Waals surface area contributed by atoms with Gasteiger partial charge in [-0.15, -0.1) is 0 Å². The van der Waals surface area contributed by atoms with Crippen molar-refractivity contribution < 1.29 is 22.7 Å². The molecule has 8 nitrogen and oxygen atoms in total. The number of carbonyl (C=O) groups excluding carboxylic acids is 2. The first-order valence-corrected chi connectivity index (χ1v) is 13.3. The molecule has 0 bridgehead atoms. The molecule has 1 aliphatic heterocycles. The zero-order valence-corrected chi connectivity index (χ0v) is 20.6. The maximum absolute atomic E-state index is 12.6. The van der Waals surface area contributed by atoms with Crippen LogP contribution in [-0.4, -0.2) is 68.0 Å². The van der Waals surface area contributed by atoms with Crippen LogP contribution in [0.3, 0.4) is 0 Å². The summed E-state index contributed by atoms with van der Waals surface area (Å²) in [6, 6.07) is 14.0. The van der Waals surface area contributed by atoms with E-state index in [1.807, 2.05) is 19.1 Å². The molecule has 0 saturated carbocycles. The van der Waals surface area contributed by atoms with E-state index in [1.54, 1.807) is 47.6 Å². The van der Waals surface area contributed by atoms with Crippen LogP contribution in [-0.2, 0) is 21.3 Å². The summed E-state index contributed by atoms with van der Waals surface area (Å²) in [6.07, 6.45) is 1.79. The minimum absolute atomic E-state index is 0.131. The lowest BCUT2D eigenvalue weighted by molar-refractivity contribution is 0.0499. The SMILES string of the molecule is CCCCOC(=O)c1ccc(NC(=O)c2ccc(CN3CCN(S(=O)(=O)CC)CC3)cc2)cc1. The van der Waals surface area contributed by atoms with Crippen molar-refractivity contribution >= 4 is 27.6 Å². The van der Waals surface area contributed by atoms with Crippen LogP contribution in [0.25, 0.3) is 0 Å². The number of nitrogens with one attached hydrogen (secondary N) is 1. The molecule has 0 spiro atoms. The predicted octanol–water partition coefficient (Wildman–Crippen LogP) is 3.36. The van der Waals surface area contributed by atoms with E-state index in [4.69, 9.17) is 4.74 Å². The summed E-state index contributed by atoms with van der Waals surface area (Å²) in [5.41, 5.74) is 2.64. The van der Waals surface area contributed by atoms with Gasteiger partial charge in [-0.1, -0.05) is 25.5 Å². The highest BCUT2D eigenvalue weighted by Crippen LogP contribution is 2.15. The summed E-state index contributed by atoms with van der Waals surface area (Å²) in [5, 5.41) is 2.84.